The normalized spacial score (nSPS) is 19.8. The molecular formula is C8H15N. The van der Waals surface area contributed by atoms with Crippen molar-refractivity contribution in [3.05, 3.63) is 11.8 Å². The van der Waals surface area contributed by atoms with E-state index in [1.807, 2.05) is 0 Å². The number of nitrogens with zero attached hydrogens (tertiary/aromatic N) is 1. The van der Waals surface area contributed by atoms with E-state index in [0.29, 0.717) is 0 Å². The molecule has 1 aliphatic heterocycles. The highest BCUT2D eigenvalue weighted by molar-refractivity contribution is 5.02. The molecule has 9 heavy (non-hydrogen) atoms. The molecule has 0 radical (unpaired) electrons. The molecule has 0 saturated carbocycles. The summed E-state index contributed by atoms with van der Waals surface area (Å²) in [6, 6.07) is 0. The molecule has 0 spiro atoms. The van der Waals surface area contributed by atoms with Crippen LogP contribution in [0.3, 0.4) is 0 Å². The largest absolute Gasteiger partial charge is 0.378 e. The predicted molar refractivity (Wildman–Crippen MR) is 40.2 cm³/mol. The first-order chi connectivity index (χ1) is 4.34. The predicted octanol–water partition coefficient (Wildman–Crippen LogP) is 2.01. The van der Waals surface area contributed by atoms with Gasteiger partial charge in [-0.3, -0.25) is 0 Å². The monoisotopic (exact) mass is 125 g/mol. The summed E-state index contributed by atoms with van der Waals surface area (Å²) in [6.07, 6.45) is 6.16. The minimum atomic E-state index is 1.19. The summed E-state index contributed by atoms with van der Waals surface area (Å²) in [7, 11) is 2.18. The zero-order chi connectivity index (χ0) is 6.69. The molecule has 1 nitrogen and oxygen atoms in total. The van der Waals surface area contributed by atoms with Crippen LogP contribution in [0.25, 0.3) is 0 Å². The van der Waals surface area contributed by atoms with E-state index in [-0.39, 0.29) is 0 Å². The third-order valence-electron chi connectivity index (χ3n) is 1.93. The van der Waals surface area contributed by atoms with Crippen LogP contribution in [0.1, 0.15) is 26.2 Å². The molecule has 0 saturated heterocycles. The van der Waals surface area contributed by atoms with Gasteiger partial charge in [-0.05, 0) is 19.3 Å². The maximum atomic E-state index is 2.35. The lowest BCUT2D eigenvalue weighted by atomic mass is 10.1. The summed E-state index contributed by atoms with van der Waals surface area (Å²) in [6.45, 7) is 3.47. The van der Waals surface area contributed by atoms with E-state index in [4.69, 9.17) is 0 Å². The highest BCUT2D eigenvalue weighted by atomic mass is 15.1. The van der Waals surface area contributed by atoms with Crippen LogP contribution in [-0.4, -0.2) is 18.5 Å². The van der Waals surface area contributed by atoms with E-state index in [9.17, 15) is 0 Å². The average Bonchev–Trinajstić information content (AvgIpc) is 1.89. The van der Waals surface area contributed by atoms with Gasteiger partial charge in [0.2, 0.25) is 0 Å². The molecule has 0 unspecified atom stereocenters. The van der Waals surface area contributed by atoms with Gasteiger partial charge in [0.1, 0.15) is 0 Å². The van der Waals surface area contributed by atoms with Gasteiger partial charge in [0, 0.05) is 19.3 Å². The molecule has 0 aromatic heterocycles. The fourth-order valence-electron chi connectivity index (χ4n) is 1.31. The van der Waals surface area contributed by atoms with Gasteiger partial charge >= 0.3 is 0 Å². The Kier molecular flexibility index (Phi) is 2.15. The second-order valence-corrected chi connectivity index (χ2v) is 2.61. The van der Waals surface area contributed by atoms with E-state index in [2.05, 4.69) is 24.9 Å². The van der Waals surface area contributed by atoms with Gasteiger partial charge in [-0.25, -0.2) is 0 Å². The maximum Gasteiger partial charge on any atom is 0.0174 e. The first-order valence-electron chi connectivity index (χ1n) is 3.74. The van der Waals surface area contributed by atoms with Gasteiger partial charge < -0.3 is 4.90 Å². The van der Waals surface area contributed by atoms with Gasteiger partial charge in [0.15, 0.2) is 0 Å². The van der Waals surface area contributed by atoms with Gasteiger partial charge in [-0.1, -0.05) is 13.0 Å². The lowest BCUT2D eigenvalue weighted by Crippen LogP contribution is -2.21. The van der Waals surface area contributed by atoms with Crippen LogP contribution >= 0.6 is 0 Å². The van der Waals surface area contributed by atoms with Crippen LogP contribution < -0.4 is 0 Å². The van der Waals surface area contributed by atoms with Crippen molar-refractivity contribution < 1.29 is 0 Å². The molecule has 0 amide bonds. The van der Waals surface area contributed by atoms with Crippen LogP contribution in [0, 0.1) is 0 Å². The van der Waals surface area contributed by atoms with Crippen molar-refractivity contribution >= 4 is 0 Å². The van der Waals surface area contributed by atoms with Gasteiger partial charge in [-0.2, -0.15) is 0 Å². The van der Waals surface area contributed by atoms with Gasteiger partial charge in [0.25, 0.3) is 0 Å². The minimum absolute atomic E-state index is 1.19. The molecule has 0 atom stereocenters. The van der Waals surface area contributed by atoms with Crippen LogP contribution in [-0.2, 0) is 0 Å². The summed E-state index contributed by atoms with van der Waals surface area (Å²) >= 11 is 0. The van der Waals surface area contributed by atoms with Crippen molar-refractivity contribution in [3.8, 4) is 0 Å². The Morgan fingerprint density at radius 2 is 2.44 bits per heavy atom. The summed E-state index contributed by atoms with van der Waals surface area (Å²) in [5, 5.41) is 0. The quantitative estimate of drug-likeness (QED) is 0.518. The first-order valence-corrected chi connectivity index (χ1v) is 3.74. The fourth-order valence-corrected chi connectivity index (χ4v) is 1.31. The van der Waals surface area contributed by atoms with Gasteiger partial charge in [0.05, 0.1) is 0 Å². The number of allylic oxidation sites excluding steroid dienone is 2. The lowest BCUT2D eigenvalue weighted by molar-refractivity contribution is 0.377. The molecule has 0 N–H and O–H groups in total. The molecule has 52 valence electrons. The van der Waals surface area contributed by atoms with Crippen molar-refractivity contribution in [2.24, 2.45) is 0 Å². The molecule has 0 aromatic rings. The van der Waals surface area contributed by atoms with E-state index in [1.54, 1.807) is 0 Å². The highest BCUT2D eigenvalue weighted by Gasteiger charge is 2.05. The van der Waals surface area contributed by atoms with Crippen LogP contribution in [0.4, 0.5) is 0 Å². The Morgan fingerprint density at radius 3 is 2.89 bits per heavy atom. The van der Waals surface area contributed by atoms with Crippen molar-refractivity contribution in [3.63, 3.8) is 0 Å². The zero-order valence-corrected chi connectivity index (χ0v) is 6.35. The maximum absolute atomic E-state index is 2.35. The minimum Gasteiger partial charge on any atom is -0.378 e. The Bertz CT molecular complexity index is 116. The summed E-state index contributed by atoms with van der Waals surface area (Å²) in [4.78, 5) is 2.35. The van der Waals surface area contributed by atoms with Crippen molar-refractivity contribution in [2.45, 2.75) is 26.2 Å². The lowest BCUT2D eigenvalue weighted by Gasteiger charge is -2.25. The van der Waals surface area contributed by atoms with E-state index in [1.165, 1.54) is 31.5 Å². The van der Waals surface area contributed by atoms with Crippen molar-refractivity contribution in [1.29, 1.82) is 0 Å². The Balaban J connectivity index is 2.53. The second kappa shape index (κ2) is 2.90. The molecule has 0 bridgehead atoms. The number of hydrogen-bond acceptors (Lipinski definition) is 1. The molecule has 0 fully saturated rings. The molecule has 1 heterocycles. The third-order valence-corrected chi connectivity index (χ3v) is 1.93. The summed E-state index contributed by atoms with van der Waals surface area (Å²) in [5.41, 5.74) is 1.52. The highest BCUT2D eigenvalue weighted by Crippen LogP contribution is 2.14. The van der Waals surface area contributed by atoms with Crippen LogP contribution in [0.5, 0.6) is 0 Å². The average molecular weight is 125 g/mol. The Labute approximate surface area is 57.4 Å². The Morgan fingerprint density at radius 1 is 1.67 bits per heavy atom. The first kappa shape index (κ1) is 6.66. The van der Waals surface area contributed by atoms with E-state index < -0.39 is 0 Å². The van der Waals surface area contributed by atoms with Gasteiger partial charge in [-0.15, -0.1) is 0 Å². The SMILES string of the molecule is CCC1=CCCCN1C. The van der Waals surface area contributed by atoms with Crippen LogP contribution in [0.15, 0.2) is 11.8 Å². The molecule has 0 aromatic carbocycles. The number of rotatable bonds is 1. The topological polar surface area (TPSA) is 3.24 Å². The fraction of sp³-hybridized carbons (Fsp3) is 0.750. The van der Waals surface area contributed by atoms with Crippen molar-refractivity contribution in [2.75, 3.05) is 13.6 Å². The van der Waals surface area contributed by atoms with Crippen LogP contribution in [0.2, 0.25) is 0 Å². The zero-order valence-electron chi connectivity index (χ0n) is 6.35. The smallest absolute Gasteiger partial charge is 0.0174 e. The molecule has 1 aliphatic rings. The van der Waals surface area contributed by atoms with Crippen molar-refractivity contribution in [1.82, 2.24) is 4.90 Å². The van der Waals surface area contributed by atoms with E-state index in [0.717, 1.165) is 0 Å². The molecule has 0 aliphatic carbocycles. The third kappa shape index (κ3) is 1.47. The molecule has 1 heteroatoms. The molecule has 1 rings (SSSR count). The standard InChI is InChI=1S/C8H15N/c1-3-8-6-4-5-7-9(8)2/h6H,3-5,7H2,1-2H3. The summed E-state index contributed by atoms with van der Waals surface area (Å²) < 4.78 is 0. The molecular weight excluding hydrogens is 110 g/mol. The number of hydrogen-bond donors (Lipinski definition) is 0. The second-order valence-electron chi connectivity index (χ2n) is 2.61. The summed E-state index contributed by atoms with van der Waals surface area (Å²) in [5.74, 6) is 0. The van der Waals surface area contributed by atoms with E-state index >= 15 is 0 Å². The Hall–Kier alpha value is -0.460.